The first-order chi connectivity index (χ1) is 15.2. The number of aromatic nitrogens is 3. The number of nitrogens with zero attached hydrogens (tertiary/aromatic N) is 5. The van der Waals surface area contributed by atoms with Crippen molar-refractivity contribution in [2.45, 2.75) is 25.3 Å². The SMILES string of the molecule is O=C(Nc1ccccc1)N1CCN(C2CCc3nn(-c4ccccn4)c(O)c3C2)CC1. The van der Waals surface area contributed by atoms with Gasteiger partial charge in [0.1, 0.15) is 0 Å². The van der Waals surface area contributed by atoms with Crippen molar-refractivity contribution in [1.82, 2.24) is 24.6 Å². The van der Waals surface area contributed by atoms with E-state index < -0.39 is 0 Å². The molecule has 2 aromatic heterocycles. The third kappa shape index (κ3) is 3.98. The summed E-state index contributed by atoms with van der Waals surface area (Å²) in [6.07, 6.45) is 4.31. The maximum atomic E-state index is 12.5. The summed E-state index contributed by atoms with van der Waals surface area (Å²) in [5, 5.41) is 18.3. The summed E-state index contributed by atoms with van der Waals surface area (Å²) in [6, 6.07) is 15.4. The zero-order valence-electron chi connectivity index (χ0n) is 17.3. The molecule has 31 heavy (non-hydrogen) atoms. The van der Waals surface area contributed by atoms with Crippen molar-refractivity contribution in [3.63, 3.8) is 0 Å². The van der Waals surface area contributed by atoms with Crippen molar-refractivity contribution in [3.8, 4) is 11.7 Å². The molecule has 1 saturated heterocycles. The van der Waals surface area contributed by atoms with Gasteiger partial charge in [-0.2, -0.15) is 9.78 Å². The summed E-state index contributed by atoms with van der Waals surface area (Å²) < 4.78 is 1.54. The summed E-state index contributed by atoms with van der Waals surface area (Å²) in [5.41, 5.74) is 2.70. The summed E-state index contributed by atoms with van der Waals surface area (Å²) in [5.74, 6) is 0.822. The van der Waals surface area contributed by atoms with Gasteiger partial charge in [-0.05, 0) is 43.5 Å². The second-order valence-corrected chi connectivity index (χ2v) is 8.06. The number of anilines is 1. The van der Waals surface area contributed by atoms with Crippen molar-refractivity contribution in [2.24, 2.45) is 0 Å². The molecule has 1 atom stereocenters. The van der Waals surface area contributed by atoms with Crippen LogP contribution in [0, 0.1) is 0 Å². The molecule has 8 nitrogen and oxygen atoms in total. The van der Waals surface area contributed by atoms with Gasteiger partial charge in [0.25, 0.3) is 0 Å². The molecule has 0 radical (unpaired) electrons. The molecule has 1 aromatic carbocycles. The Bertz CT molecular complexity index is 1040. The topological polar surface area (TPSA) is 86.5 Å². The van der Waals surface area contributed by atoms with Crippen LogP contribution in [0.2, 0.25) is 0 Å². The van der Waals surface area contributed by atoms with Crippen LogP contribution in [0.25, 0.3) is 5.82 Å². The van der Waals surface area contributed by atoms with Crippen LogP contribution in [-0.4, -0.2) is 67.9 Å². The van der Waals surface area contributed by atoms with Gasteiger partial charge in [-0.25, -0.2) is 9.78 Å². The number of aromatic hydroxyl groups is 1. The number of rotatable bonds is 3. The Morgan fingerprint density at radius 2 is 1.81 bits per heavy atom. The Kier molecular flexibility index (Phi) is 5.30. The third-order valence-corrected chi connectivity index (χ3v) is 6.20. The summed E-state index contributed by atoms with van der Waals surface area (Å²) in [7, 11) is 0. The van der Waals surface area contributed by atoms with Crippen molar-refractivity contribution < 1.29 is 9.90 Å². The summed E-state index contributed by atoms with van der Waals surface area (Å²) in [6.45, 7) is 3.05. The van der Waals surface area contributed by atoms with Crippen LogP contribution >= 0.6 is 0 Å². The number of benzene rings is 1. The van der Waals surface area contributed by atoms with E-state index in [9.17, 15) is 9.90 Å². The first kappa shape index (κ1) is 19.6. The molecule has 2 amide bonds. The van der Waals surface area contributed by atoms with Crippen LogP contribution in [0.15, 0.2) is 54.7 Å². The predicted molar refractivity (Wildman–Crippen MR) is 117 cm³/mol. The third-order valence-electron chi connectivity index (χ3n) is 6.20. The van der Waals surface area contributed by atoms with E-state index >= 15 is 0 Å². The van der Waals surface area contributed by atoms with Crippen molar-refractivity contribution in [1.29, 1.82) is 0 Å². The van der Waals surface area contributed by atoms with Gasteiger partial charge in [0.15, 0.2) is 5.82 Å². The van der Waals surface area contributed by atoms with E-state index in [1.165, 1.54) is 0 Å². The summed E-state index contributed by atoms with van der Waals surface area (Å²) >= 11 is 0. The minimum absolute atomic E-state index is 0.0499. The maximum absolute atomic E-state index is 12.5. The molecule has 2 N–H and O–H groups in total. The normalized spacial score (nSPS) is 19.1. The zero-order chi connectivity index (χ0) is 21.2. The van der Waals surface area contributed by atoms with Gasteiger partial charge in [0, 0.05) is 49.7 Å². The monoisotopic (exact) mass is 418 g/mol. The highest BCUT2D eigenvalue weighted by Crippen LogP contribution is 2.32. The highest BCUT2D eigenvalue weighted by Gasteiger charge is 2.32. The van der Waals surface area contributed by atoms with E-state index in [4.69, 9.17) is 0 Å². The number of nitrogens with one attached hydrogen (secondary N) is 1. The molecule has 0 bridgehead atoms. The fourth-order valence-electron chi connectivity index (χ4n) is 4.50. The predicted octanol–water partition coefficient (Wildman–Crippen LogP) is 2.68. The Labute approximate surface area is 181 Å². The molecule has 0 spiro atoms. The molecule has 5 rings (SSSR count). The molecular weight excluding hydrogens is 392 g/mol. The number of urea groups is 1. The van der Waals surface area contributed by atoms with E-state index in [-0.39, 0.29) is 11.9 Å². The Balaban J connectivity index is 1.21. The van der Waals surface area contributed by atoms with Crippen LogP contribution in [0.1, 0.15) is 17.7 Å². The molecule has 1 aliphatic carbocycles. The number of amides is 2. The van der Waals surface area contributed by atoms with Crippen LogP contribution in [0.5, 0.6) is 5.88 Å². The lowest BCUT2D eigenvalue weighted by Gasteiger charge is -2.40. The number of para-hydroxylation sites is 1. The standard InChI is InChI=1S/C23H26N6O2/c30-22-19-16-18(9-10-20(19)26-29(22)21-8-4-5-11-24-21)27-12-14-28(15-13-27)23(31)25-17-6-2-1-3-7-17/h1-8,11,18,30H,9-10,12-16H2,(H,25,31). The molecule has 0 saturated carbocycles. The number of carbonyl (C=O) groups is 1. The molecule has 1 unspecified atom stereocenters. The lowest BCUT2D eigenvalue weighted by Crippen LogP contribution is -2.53. The summed E-state index contributed by atoms with van der Waals surface area (Å²) in [4.78, 5) is 21.2. The number of pyridine rings is 1. The fraction of sp³-hybridized carbons (Fsp3) is 0.348. The maximum Gasteiger partial charge on any atom is 0.321 e. The first-order valence-electron chi connectivity index (χ1n) is 10.8. The van der Waals surface area contributed by atoms with E-state index in [2.05, 4.69) is 20.3 Å². The minimum atomic E-state index is -0.0499. The van der Waals surface area contributed by atoms with Crippen LogP contribution in [0.4, 0.5) is 10.5 Å². The van der Waals surface area contributed by atoms with Crippen molar-refractivity contribution in [3.05, 3.63) is 66.0 Å². The molecule has 3 heterocycles. The Morgan fingerprint density at radius 1 is 1.03 bits per heavy atom. The molecule has 2 aliphatic rings. The van der Waals surface area contributed by atoms with Crippen LogP contribution in [0.3, 0.4) is 0 Å². The lowest BCUT2D eigenvalue weighted by atomic mass is 9.91. The fourth-order valence-corrected chi connectivity index (χ4v) is 4.50. The van der Waals surface area contributed by atoms with Gasteiger partial charge in [-0.1, -0.05) is 24.3 Å². The Hall–Kier alpha value is -3.39. The van der Waals surface area contributed by atoms with Gasteiger partial charge >= 0.3 is 6.03 Å². The van der Waals surface area contributed by atoms with Gasteiger partial charge < -0.3 is 15.3 Å². The smallest absolute Gasteiger partial charge is 0.321 e. The van der Waals surface area contributed by atoms with E-state index in [0.717, 1.165) is 49.3 Å². The molecule has 8 heteroatoms. The Morgan fingerprint density at radius 3 is 2.55 bits per heavy atom. The average Bonchev–Trinajstić information content (AvgIpc) is 3.16. The molecule has 1 aliphatic heterocycles. The second kappa shape index (κ2) is 8.39. The van der Waals surface area contributed by atoms with Crippen molar-refractivity contribution >= 4 is 11.7 Å². The van der Waals surface area contributed by atoms with Crippen molar-refractivity contribution in [2.75, 3.05) is 31.5 Å². The molecule has 3 aromatic rings. The van der Waals surface area contributed by atoms with E-state index in [0.29, 0.717) is 24.9 Å². The average molecular weight is 419 g/mol. The van der Waals surface area contributed by atoms with Gasteiger partial charge in [0.05, 0.1) is 5.69 Å². The number of hydrogen-bond donors (Lipinski definition) is 2. The van der Waals surface area contributed by atoms with Crippen LogP contribution in [-0.2, 0) is 12.8 Å². The molecular formula is C23H26N6O2. The van der Waals surface area contributed by atoms with E-state index in [1.807, 2.05) is 53.4 Å². The quantitative estimate of drug-likeness (QED) is 0.683. The second-order valence-electron chi connectivity index (χ2n) is 8.06. The number of carbonyl (C=O) groups excluding carboxylic acids is 1. The highest BCUT2D eigenvalue weighted by molar-refractivity contribution is 5.89. The number of hydrogen-bond acceptors (Lipinski definition) is 5. The number of aryl methyl sites for hydroxylation is 1. The highest BCUT2D eigenvalue weighted by atomic mass is 16.3. The largest absolute Gasteiger partial charge is 0.493 e. The number of piperazine rings is 1. The van der Waals surface area contributed by atoms with Crippen LogP contribution < -0.4 is 5.32 Å². The van der Waals surface area contributed by atoms with Gasteiger partial charge in [0.2, 0.25) is 5.88 Å². The molecule has 1 fully saturated rings. The zero-order valence-corrected chi connectivity index (χ0v) is 17.3. The molecule has 160 valence electrons. The van der Waals surface area contributed by atoms with E-state index in [1.54, 1.807) is 10.9 Å². The van der Waals surface area contributed by atoms with Gasteiger partial charge in [-0.15, -0.1) is 0 Å². The van der Waals surface area contributed by atoms with Gasteiger partial charge in [-0.3, -0.25) is 4.90 Å². The minimum Gasteiger partial charge on any atom is -0.493 e. The number of fused-ring (bicyclic) bond motifs is 1. The lowest BCUT2D eigenvalue weighted by molar-refractivity contribution is 0.105. The first-order valence-corrected chi connectivity index (χ1v) is 10.8.